The third-order valence-electron chi connectivity index (χ3n) is 2.06. The third kappa shape index (κ3) is 0.778. The summed E-state index contributed by atoms with van der Waals surface area (Å²) in [7, 11) is 0. The van der Waals surface area contributed by atoms with E-state index < -0.39 is 0 Å². The maximum atomic E-state index is 3.37. The molecule has 0 unspecified atom stereocenters. The summed E-state index contributed by atoms with van der Waals surface area (Å²) >= 11 is 0. The SMILES string of the molecule is CC1=C2NCCCN2NC1. The van der Waals surface area contributed by atoms with Gasteiger partial charge in [-0.3, -0.25) is 5.01 Å². The van der Waals surface area contributed by atoms with Gasteiger partial charge in [0.2, 0.25) is 0 Å². The lowest BCUT2D eigenvalue weighted by Gasteiger charge is -2.28. The fourth-order valence-electron chi connectivity index (χ4n) is 1.49. The summed E-state index contributed by atoms with van der Waals surface area (Å²) < 4.78 is 0. The van der Waals surface area contributed by atoms with Gasteiger partial charge in [0, 0.05) is 19.6 Å². The minimum absolute atomic E-state index is 1.02. The van der Waals surface area contributed by atoms with Crippen LogP contribution in [-0.2, 0) is 0 Å². The summed E-state index contributed by atoms with van der Waals surface area (Å²) in [6, 6.07) is 0. The molecule has 2 heterocycles. The van der Waals surface area contributed by atoms with Gasteiger partial charge in [-0.25, -0.2) is 5.43 Å². The summed E-state index contributed by atoms with van der Waals surface area (Å²) in [5, 5.41) is 5.58. The summed E-state index contributed by atoms with van der Waals surface area (Å²) in [4.78, 5) is 0. The number of fused-ring (bicyclic) bond motifs is 1. The Kier molecular flexibility index (Phi) is 1.31. The molecule has 2 aliphatic rings. The molecule has 1 fully saturated rings. The number of nitrogens with zero attached hydrogens (tertiary/aromatic N) is 1. The Morgan fingerprint density at radius 3 is 3.20 bits per heavy atom. The molecule has 3 heteroatoms. The molecule has 10 heavy (non-hydrogen) atoms. The van der Waals surface area contributed by atoms with Crippen molar-refractivity contribution in [1.82, 2.24) is 15.8 Å². The average Bonchev–Trinajstić information content (AvgIpc) is 2.34. The van der Waals surface area contributed by atoms with Gasteiger partial charge < -0.3 is 5.32 Å². The monoisotopic (exact) mass is 139 g/mol. The van der Waals surface area contributed by atoms with Crippen LogP contribution in [0.1, 0.15) is 13.3 Å². The highest BCUT2D eigenvalue weighted by molar-refractivity contribution is 5.16. The van der Waals surface area contributed by atoms with Crippen molar-refractivity contribution >= 4 is 0 Å². The summed E-state index contributed by atoms with van der Waals surface area (Å²) in [6.07, 6.45) is 1.24. The summed E-state index contributed by atoms with van der Waals surface area (Å²) in [6.45, 7) is 5.47. The highest BCUT2D eigenvalue weighted by Crippen LogP contribution is 2.14. The molecule has 0 spiro atoms. The summed E-state index contributed by atoms with van der Waals surface area (Å²) in [5.74, 6) is 1.31. The van der Waals surface area contributed by atoms with E-state index in [9.17, 15) is 0 Å². The Morgan fingerprint density at radius 2 is 2.40 bits per heavy atom. The standard InChI is InChI=1S/C7H13N3/c1-6-5-9-10-4-2-3-8-7(6)10/h8-9H,2-5H2,1H3. The molecule has 0 saturated carbocycles. The molecule has 0 aliphatic carbocycles. The van der Waals surface area contributed by atoms with E-state index in [-0.39, 0.29) is 0 Å². The highest BCUT2D eigenvalue weighted by atomic mass is 15.6. The minimum Gasteiger partial charge on any atom is -0.371 e. The van der Waals surface area contributed by atoms with E-state index in [2.05, 4.69) is 22.7 Å². The van der Waals surface area contributed by atoms with Crippen LogP contribution in [0.5, 0.6) is 0 Å². The van der Waals surface area contributed by atoms with Gasteiger partial charge in [0.05, 0.1) is 0 Å². The van der Waals surface area contributed by atoms with E-state index >= 15 is 0 Å². The van der Waals surface area contributed by atoms with Crippen molar-refractivity contribution in [2.75, 3.05) is 19.6 Å². The molecule has 0 aromatic carbocycles. The quantitative estimate of drug-likeness (QED) is 0.496. The highest BCUT2D eigenvalue weighted by Gasteiger charge is 2.21. The first-order valence-electron chi connectivity index (χ1n) is 3.82. The van der Waals surface area contributed by atoms with Crippen LogP contribution in [0.15, 0.2) is 11.4 Å². The molecule has 0 atom stereocenters. The van der Waals surface area contributed by atoms with E-state index in [4.69, 9.17) is 0 Å². The lowest BCUT2D eigenvalue weighted by molar-refractivity contribution is 0.234. The molecule has 0 amide bonds. The van der Waals surface area contributed by atoms with E-state index in [0.29, 0.717) is 0 Å². The molecule has 0 aromatic heterocycles. The maximum absolute atomic E-state index is 3.37. The lowest BCUT2D eigenvalue weighted by Crippen LogP contribution is -2.42. The minimum atomic E-state index is 1.02. The number of hydrogen-bond donors (Lipinski definition) is 2. The van der Waals surface area contributed by atoms with E-state index in [1.165, 1.54) is 17.8 Å². The van der Waals surface area contributed by atoms with Crippen molar-refractivity contribution in [2.45, 2.75) is 13.3 Å². The van der Waals surface area contributed by atoms with E-state index in [1.807, 2.05) is 0 Å². The Balaban J connectivity index is 2.18. The lowest BCUT2D eigenvalue weighted by atomic mass is 10.3. The van der Waals surface area contributed by atoms with Gasteiger partial charge in [-0.15, -0.1) is 0 Å². The van der Waals surface area contributed by atoms with Gasteiger partial charge in [0.25, 0.3) is 0 Å². The number of hydrazine groups is 1. The zero-order valence-electron chi connectivity index (χ0n) is 6.28. The average molecular weight is 139 g/mol. The second-order valence-electron chi connectivity index (χ2n) is 2.90. The molecular weight excluding hydrogens is 126 g/mol. The third-order valence-corrected chi connectivity index (χ3v) is 2.06. The van der Waals surface area contributed by atoms with Crippen LogP contribution >= 0.6 is 0 Å². The Morgan fingerprint density at radius 1 is 1.50 bits per heavy atom. The number of rotatable bonds is 0. The molecule has 3 nitrogen and oxygen atoms in total. The van der Waals surface area contributed by atoms with Gasteiger partial charge in [0.15, 0.2) is 0 Å². The van der Waals surface area contributed by atoms with Crippen molar-refractivity contribution in [1.29, 1.82) is 0 Å². The Bertz CT molecular complexity index is 174. The van der Waals surface area contributed by atoms with Gasteiger partial charge in [-0.1, -0.05) is 0 Å². The molecule has 2 rings (SSSR count). The van der Waals surface area contributed by atoms with E-state index in [0.717, 1.165) is 19.6 Å². The van der Waals surface area contributed by atoms with Crippen molar-refractivity contribution < 1.29 is 0 Å². The molecule has 56 valence electrons. The Hall–Kier alpha value is -0.700. The fraction of sp³-hybridized carbons (Fsp3) is 0.714. The van der Waals surface area contributed by atoms with Gasteiger partial charge in [0.1, 0.15) is 5.82 Å². The van der Waals surface area contributed by atoms with Gasteiger partial charge >= 0.3 is 0 Å². The van der Waals surface area contributed by atoms with Crippen LogP contribution < -0.4 is 10.7 Å². The number of hydrogen-bond acceptors (Lipinski definition) is 3. The first-order chi connectivity index (χ1) is 4.88. The zero-order chi connectivity index (χ0) is 6.97. The normalized spacial score (nSPS) is 24.7. The molecule has 0 bridgehead atoms. The van der Waals surface area contributed by atoms with Crippen LogP contribution in [0, 0.1) is 0 Å². The van der Waals surface area contributed by atoms with Crippen molar-refractivity contribution in [3.05, 3.63) is 11.4 Å². The molecule has 2 N–H and O–H groups in total. The fourth-order valence-corrected chi connectivity index (χ4v) is 1.49. The maximum Gasteiger partial charge on any atom is 0.116 e. The van der Waals surface area contributed by atoms with Crippen molar-refractivity contribution in [2.24, 2.45) is 0 Å². The van der Waals surface area contributed by atoms with E-state index in [1.54, 1.807) is 0 Å². The van der Waals surface area contributed by atoms with Crippen LogP contribution in [0.2, 0.25) is 0 Å². The van der Waals surface area contributed by atoms with Gasteiger partial charge in [-0.2, -0.15) is 0 Å². The predicted octanol–water partition coefficient (Wildman–Crippen LogP) is 0.0314. The molecule has 0 radical (unpaired) electrons. The summed E-state index contributed by atoms with van der Waals surface area (Å²) in [5.41, 5.74) is 4.74. The second kappa shape index (κ2) is 2.16. The topological polar surface area (TPSA) is 27.3 Å². The smallest absolute Gasteiger partial charge is 0.116 e. The molecule has 1 saturated heterocycles. The van der Waals surface area contributed by atoms with Crippen molar-refractivity contribution in [3.63, 3.8) is 0 Å². The van der Waals surface area contributed by atoms with Crippen LogP contribution in [-0.4, -0.2) is 24.6 Å². The van der Waals surface area contributed by atoms with Crippen LogP contribution in [0.25, 0.3) is 0 Å². The molecule has 0 aromatic rings. The van der Waals surface area contributed by atoms with Gasteiger partial charge in [-0.05, 0) is 18.9 Å². The van der Waals surface area contributed by atoms with Crippen LogP contribution in [0.3, 0.4) is 0 Å². The Labute approximate surface area is 61.1 Å². The first-order valence-corrected chi connectivity index (χ1v) is 3.82. The molecular formula is C7H13N3. The predicted molar refractivity (Wildman–Crippen MR) is 40.0 cm³/mol. The zero-order valence-corrected chi connectivity index (χ0v) is 6.28. The largest absolute Gasteiger partial charge is 0.371 e. The van der Waals surface area contributed by atoms with Crippen molar-refractivity contribution in [3.8, 4) is 0 Å². The molecule has 2 aliphatic heterocycles. The number of nitrogens with one attached hydrogen (secondary N) is 2. The van der Waals surface area contributed by atoms with Crippen LogP contribution in [0.4, 0.5) is 0 Å². The first kappa shape index (κ1) is 6.04. The second-order valence-corrected chi connectivity index (χ2v) is 2.90.